The summed E-state index contributed by atoms with van der Waals surface area (Å²) in [4.78, 5) is 2.81. The van der Waals surface area contributed by atoms with Gasteiger partial charge in [-0.3, -0.25) is 4.90 Å². The highest BCUT2D eigenvalue weighted by atomic mass is 79.9. The second kappa shape index (κ2) is 5.69. The van der Waals surface area contributed by atoms with E-state index in [1.165, 1.54) is 45.0 Å². The van der Waals surface area contributed by atoms with Crippen molar-refractivity contribution in [3.8, 4) is 0 Å². The van der Waals surface area contributed by atoms with Crippen LogP contribution in [0.1, 0.15) is 54.0 Å². The van der Waals surface area contributed by atoms with Gasteiger partial charge in [-0.2, -0.15) is 0 Å². The predicted molar refractivity (Wildman–Crippen MR) is 105 cm³/mol. The predicted octanol–water partition coefficient (Wildman–Crippen LogP) is 6.05. The van der Waals surface area contributed by atoms with Crippen LogP contribution in [0.3, 0.4) is 0 Å². The van der Waals surface area contributed by atoms with E-state index in [9.17, 15) is 0 Å². The largest absolute Gasteiger partial charge is 0.292 e. The number of nitrogens with zero attached hydrogens (tertiary/aromatic N) is 1. The monoisotopic (exact) mass is 445 g/mol. The first-order chi connectivity index (χ1) is 11.6. The fraction of sp³-hybridized carbons (Fsp3) is 0.429. The summed E-state index contributed by atoms with van der Waals surface area (Å²) >= 11 is 7.41. The van der Waals surface area contributed by atoms with Gasteiger partial charge in [0, 0.05) is 33.5 Å². The Balaban J connectivity index is 1.72. The lowest BCUT2D eigenvalue weighted by atomic mass is 9.79. The van der Waals surface area contributed by atoms with E-state index in [2.05, 4.69) is 80.1 Å². The summed E-state index contributed by atoms with van der Waals surface area (Å²) in [6.45, 7) is 3.72. The van der Waals surface area contributed by atoms with E-state index in [0.29, 0.717) is 18.0 Å². The minimum Gasteiger partial charge on any atom is -0.292 e. The summed E-state index contributed by atoms with van der Waals surface area (Å²) in [7, 11) is 0. The Hall–Kier alpha value is -0.640. The molecular weight excluding hydrogens is 426 g/mol. The van der Waals surface area contributed by atoms with E-state index < -0.39 is 0 Å². The van der Waals surface area contributed by atoms with E-state index in [1.54, 1.807) is 5.56 Å². The van der Waals surface area contributed by atoms with Crippen molar-refractivity contribution in [2.45, 2.75) is 44.2 Å². The van der Waals surface area contributed by atoms with Crippen molar-refractivity contribution in [2.24, 2.45) is 5.92 Å². The van der Waals surface area contributed by atoms with Gasteiger partial charge in [-0.15, -0.1) is 0 Å². The minimum atomic E-state index is 0.475. The molecular formula is C21H21Br2N. The number of rotatable bonds is 2. The smallest absolute Gasteiger partial charge is 0.0394 e. The van der Waals surface area contributed by atoms with Gasteiger partial charge in [0.05, 0.1) is 0 Å². The molecule has 2 aromatic carbocycles. The fourth-order valence-corrected chi connectivity index (χ4v) is 5.59. The molecule has 2 heterocycles. The zero-order valence-electron chi connectivity index (χ0n) is 13.8. The van der Waals surface area contributed by atoms with Crippen LogP contribution >= 0.6 is 31.9 Å². The first-order valence-corrected chi connectivity index (χ1v) is 10.5. The maximum Gasteiger partial charge on any atom is 0.0394 e. The number of benzene rings is 2. The average Bonchev–Trinajstić information content (AvgIpc) is 3.37. The second-order valence-corrected chi connectivity index (χ2v) is 9.53. The third kappa shape index (κ3) is 2.43. The first-order valence-electron chi connectivity index (χ1n) is 8.95. The normalized spacial score (nSPS) is 28.4. The highest BCUT2D eigenvalue weighted by Crippen LogP contribution is 2.51. The number of halogens is 2. The zero-order valence-corrected chi connectivity index (χ0v) is 17.0. The SMILES string of the molecule is C[C@@H]1[C@H]2c3cc(Br)ccc3C[C@H](c3ccc(Br)cc32)N1CC1CC1. The van der Waals surface area contributed by atoms with Gasteiger partial charge in [0.1, 0.15) is 0 Å². The summed E-state index contributed by atoms with van der Waals surface area (Å²) in [5, 5.41) is 0. The Labute approximate surface area is 160 Å². The van der Waals surface area contributed by atoms with Crippen LogP contribution in [0.2, 0.25) is 0 Å². The molecule has 2 aliphatic heterocycles. The van der Waals surface area contributed by atoms with Gasteiger partial charge in [0.2, 0.25) is 0 Å². The van der Waals surface area contributed by atoms with Crippen LogP contribution in [0.15, 0.2) is 45.3 Å². The van der Waals surface area contributed by atoms with E-state index >= 15 is 0 Å². The molecule has 2 aliphatic carbocycles. The Morgan fingerprint density at radius 1 is 0.958 bits per heavy atom. The molecule has 0 unspecified atom stereocenters. The molecule has 4 aliphatic rings. The van der Waals surface area contributed by atoms with Crippen molar-refractivity contribution >= 4 is 31.9 Å². The summed E-state index contributed by atoms with van der Waals surface area (Å²) in [6, 6.07) is 15.0. The molecule has 1 saturated carbocycles. The molecule has 3 heteroatoms. The van der Waals surface area contributed by atoms with Gasteiger partial charge >= 0.3 is 0 Å². The highest BCUT2D eigenvalue weighted by Gasteiger charge is 2.44. The van der Waals surface area contributed by atoms with Gasteiger partial charge in [-0.05, 0) is 78.6 Å². The number of fused-ring (bicyclic) bond motifs is 1. The van der Waals surface area contributed by atoms with Gasteiger partial charge in [-0.1, -0.05) is 44.0 Å². The average molecular weight is 447 g/mol. The van der Waals surface area contributed by atoms with Crippen LogP contribution in [0, 0.1) is 5.92 Å². The van der Waals surface area contributed by atoms with E-state index in [-0.39, 0.29) is 0 Å². The molecule has 0 radical (unpaired) electrons. The first kappa shape index (κ1) is 15.6. The molecule has 2 aromatic rings. The molecule has 0 amide bonds. The van der Waals surface area contributed by atoms with Crippen LogP contribution in [0.4, 0.5) is 0 Å². The van der Waals surface area contributed by atoms with Crippen molar-refractivity contribution < 1.29 is 0 Å². The summed E-state index contributed by atoms with van der Waals surface area (Å²) in [6.07, 6.45) is 3.99. The Kier molecular flexibility index (Phi) is 3.70. The molecule has 1 nitrogen and oxygen atoms in total. The molecule has 3 atom stereocenters. The van der Waals surface area contributed by atoms with Crippen molar-refractivity contribution in [3.05, 3.63) is 67.6 Å². The minimum absolute atomic E-state index is 0.475. The second-order valence-electron chi connectivity index (χ2n) is 7.69. The number of hydrogen-bond donors (Lipinski definition) is 0. The maximum absolute atomic E-state index is 3.70. The van der Waals surface area contributed by atoms with Gasteiger partial charge in [-0.25, -0.2) is 0 Å². The van der Waals surface area contributed by atoms with Gasteiger partial charge in [0.25, 0.3) is 0 Å². The van der Waals surface area contributed by atoms with Crippen LogP contribution in [0.5, 0.6) is 0 Å². The quantitative estimate of drug-likeness (QED) is 0.542. The maximum atomic E-state index is 3.70. The third-order valence-corrected chi connectivity index (χ3v) is 7.16. The van der Waals surface area contributed by atoms with Crippen LogP contribution in [-0.2, 0) is 6.42 Å². The lowest BCUT2D eigenvalue weighted by Gasteiger charge is -2.44. The molecule has 124 valence electrons. The van der Waals surface area contributed by atoms with E-state index in [0.717, 1.165) is 12.3 Å². The zero-order chi connectivity index (χ0) is 16.4. The molecule has 6 rings (SSSR count). The third-order valence-electron chi connectivity index (χ3n) is 6.17. The van der Waals surface area contributed by atoms with Gasteiger partial charge in [0.15, 0.2) is 0 Å². The fourth-order valence-electron chi connectivity index (χ4n) is 4.83. The number of hydrogen-bond acceptors (Lipinski definition) is 1. The van der Waals surface area contributed by atoms with E-state index in [4.69, 9.17) is 0 Å². The molecule has 24 heavy (non-hydrogen) atoms. The topological polar surface area (TPSA) is 3.24 Å². The van der Waals surface area contributed by atoms with Crippen molar-refractivity contribution in [1.29, 1.82) is 0 Å². The molecule has 1 fully saturated rings. The summed E-state index contributed by atoms with van der Waals surface area (Å²) in [5.74, 6) is 1.41. The van der Waals surface area contributed by atoms with Crippen molar-refractivity contribution in [1.82, 2.24) is 4.90 Å². The molecule has 0 saturated heterocycles. The van der Waals surface area contributed by atoms with Gasteiger partial charge < -0.3 is 0 Å². The standard InChI is InChI=1S/C21H21Br2N/c1-12-21-18-9-15(22)5-4-14(18)8-20(24(12)11-13-2-3-13)17-7-6-16(23)10-19(17)21/h4-7,9-10,12-13,20-21H,2-3,8,11H2,1H3/t12-,20-,21+/m1/s1. The highest BCUT2D eigenvalue weighted by molar-refractivity contribution is 9.10. The Morgan fingerprint density at radius 2 is 1.67 bits per heavy atom. The molecule has 0 aromatic heterocycles. The van der Waals surface area contributed by atoms with Crippen LogP contribution in [0.25, 0.3) is 0 Å². The molecule has 0 spiro atoms. The van der Waals surface area contributed by atoms with E-state index in [1.807, 2.05) is 0 Å². The molecule has 0 N–H and O–H groups in total. The van der Waals surface area contributed by atoms with Crippen LogP contribution < -0.4 is 0 Å². The summed E-state index contributed by atoms with van der Waals surface area (Å²) in [5.41, 5.74) is 6.14. The lowest BCUT2D eigenvalue weighted by Crippen LogP contribution is -2.44. The van der Waals surface area contributed by atoms with Crippen LogP contribution in [-0.4, -0.2) is 17.5 Å². The Morgan fingerprint density at radius 3 is 2.42 bits per heavy atom. The lowest BCUT2D eigenvalue weighted by molar-refractivity contribution is 0.115. The van der Waals surface area contributed by atoms with Crippen molar-refractivity contribution in [2.75, 3.05) is 6.54 Å². The molecule has 2 bridgehead atoms. The van der Waals surface area contributed by atoms with Crippen molar-refractivity contribution in [3.63, 3.8) is 0 Å². The summed E-state index contributed by atoms with van der Waals surface area (Å²) < 4.78 is 2.40. The Bertz CT molecular complexity index is 811.